The maximum atomic E-state index is 4.18. The third-order valence-electron chi connectivity index (χ3n) is 2.88. The molecule has 2 heterocycles. The zero-order valence-corrected chi connectivity index (χ0v) is 10.4. The molecule has 17 heavy (non-hydrogen) atoms. The van der Waals surface area contributed by atoms with Crippen molar-refractivity contribution in [1.82, 2.24) is 25.3 Å². The second kappa shape index (κ2) is 5.63. The molecule has 2 N–H and O–H groups in total. The van der Waals surface area contributed by atoms with Gasteiger partial charge in [-0.05, 0) is 32.9 Å². The Kier molecular flexibility index (Phi) is 3.93. The lowest BCUT2D eigenvalue weighted by molar-refractivity contribution is 0.542. The van der Waals surface area contributed by atoms with Crippen molar-refractivity contribution in [2.75, 3.05) is 6.54 Å². The van der Waals surface area contributed by atoms with Crippen LogP contribution in [0.5, 0.6) is 0 Å². The summed E-state index contributed by atoms with van der Waals surface area (Å²) in [7, 11) is 0. The Morgan fingerprint density at radius 2 is 2.29 bits per heavy atom. The summed E-state index contributed by atoms with van der Waals surface area (Å²) >= 11 is 0. The van der Waals surface area contributed by atoms with Gasteiger partial charge in [-0.15, -0.1) is 0 Å². The molecule has 5 heteroatoms. The van der Waals surface area contributed by atoms with E-state index in [1.165, 1.54) is 5.56 Å². The Bertz CT molecular complexity index is 424. The molecule has 0 atom stereocenters. The fraction of sp³-hybridized carbons (Fsp3) is 0.500. The van der Waals surface area contributed by atoms with Crippen LogP contribution in [0.1, 0.15) is 23.4 Å². The maximum absolute atomic E-state index is 4.18. The molecule has 0 amide bonds. The number of aromatic nitrogens is 4. The summed E-state index contributed by atoms with van der Waals surface area (Å²) < 4.78 is 1.95. The first-order valence-corrected chi connectivity index (χ1v) is 5.96. The molecule has 2 aromatic rings. The lowest BCUT2D eigenvalue weighted by Crippen LogP contribution is -2.17. The van der Waals surface area contributed by atoms with Gasteiger partial charge in [-0.2, -0.15) is 10.2 Å². The Morgan fingerprint density at radius 1 is 1.41 bits per heavy atom. The van der Waals surface area contributed by atoms with Gasteiger partial charge in [0.15, 0.2) is 0 Å². The normalized spacial score (nSPS) is 10.9. The molecule has 2 rings (SSSR count). The van der Waals surface area contributed by atoms with Gasteiger partial charge >= 0.3 is 0 Å². The van der Waals surface area contributed by atoms with E-state index in [0.717, 1.165) is 37.4 Å². The number of rotatable bonds is 6. The molecule has 0 spiro atoms. The van der Waals surface area contributed by atoms with E-state index in [0.29, 0.717) is 0 Å². The molecular weight excluding hydrogens is 214 g/mol. The molecule has 0 bridgehead atoms. The summed E-state index contributed by atoms with van der Waals surface area (Å²) in [5, 5.41) is 14.8. The van der Waals surface area contributed by atoms with Crippen molar-refractivity contribution < 1.29 is 0 Å². The number of nitrogens with zero attached hydrogens (tertiary/aromatic N) is 3. The second-order valence-electron chi connectivity index (χ2n) is 4.21. The third-order valence-corrected chi connectivity index (χ3v) is 2.88. The number of aryl methyl sites for hydroxylation is 3. The topological polar surface area (TPSA) is 58.5 Å². The minimum Gasteiger partial charge on any atom is -0.312 e. The molecule has 5 nitrogen and oxygen atoms in total. The highest BCUT2D eigenvalue weighted by molar-refractivity contribution is 5.22. The second-order valence-corrected chi connectivity index (χ2v) is 4.21. The molecule has 92 valence electrons. The molecule has 0 radical (unpaired) electrons. The molecule has 0 aliphatic carbocycles. The van der Waals surface area contributed by atoms with Crippen LogP contribution in [0.25, 0.3) is 0 Å². The summed E-state index contributed by atoms with van der Waals surface area (Å²) in [4.78, 5) is 0. The van der Waals surface area contributed by atoms with Crippen LogP contribution in [-0.2, 0) is 13.1 Å². The highest BCUT2D eigenvalue weighted by atomic mass is 15.3. The first kappa shape index (κ1) is 11.9. The van der Waals surface area contributed by atoms with Crippen molar-refractivity contribution in [3.8, 4) is 0 Å². The Balaban J connectivity index is 1.67. The SMILES string of the molecule is Cc1n[nH]c(C)c1CNCCCn1cccn1. The van der Waals surface area contributed by atoms with Crippen LogP contribution in [0.2, 0.25) is 0 Å². The van der Waals surface area contributed by atoms with Crippen molar-refractivity contribution in [2.24, 2.45) is 0 Å². The van der Waals surface area contributed by atoms with Crippen molar-refractivity contribution in [2.45, 2.75) is 33.4 Å². The first-order chi connectivity index (χ1) is 8.27. The fourth-order valence-electron chi connectivity index (χ4n) is 1.85. The van der Waals surface area contributed by atoms with E-state index in [-0.39, 0.29) is 0 Å². The largest absolute Gasteiger partial charge is 0.312 e. The van der Waals surface area contributed by atoms with Crippen LogP contribution in [-0.4, -0.2) is 26.5 Å². The zero-order chi connectivity index (χ0) is 12.1. The van der Waals surface area contributed by atoms with Crippen LogP contribution >= 0.6 is 0 Å². The van der Waals surface area contributed by atoms with E-state index in [1.807, 2.05) is 30.1 Å². The number of nitrogens with one attached hydrogen (secondary N) is 2. The zero-order valence-electron chi connectivity index (χ0n) is 10.4. The molecule has 0 fully saturated rings. The summed E-state index contributed by atoms with van der Waals surface area (Å²) in [6, 6.07) is 1.95. The first-order valence-electron chi connectivity index (χ1n) is 5.96. The predicted octanol–water partition coefficient (Wildman–Crippen LogP) is 1.40. The van der Waals surface area contributed by atoms with Gasteiger partial charge < -0.3 is 5.32 Å². The van der Waals surface area contributed by atoms with Crippen LogP contribution in [0.3, 0.4) is 0 Å². The average Bonchev–Trinajstić information content (AvgIpc) is 2.92. The molecule has 0 aliphatic heterocycles. The maximum Gasteiger partial charge on any atom is 0.0638 e. The van der Waals surface area contributed by atoms with Gasteiger partial charge in [0.05, 0.1) is 5.69 Å². The van der Waals surface area contributed by atoms with E-state index in [2.05, 4.69) is 27.5 Å². The van der Waals surface area contributed by atoms with Crippen LogP contribution < -0.4 is 5.32 Å². The number of hydrogen-bond acceptors (Lipinski definition) is 3. The van der Waals surface area contributed by atoms with Crippen molar-refractivity contribution in [1.29, 1.82) is 0 Å². The Labute approximate surface area is 101 Å². The van der Waals surface area contributed by atoms with Gasteiger partial charge in [0.1, 0.15) is 0 Å². The summed E-state index contributed by atoms with van der Waals surface area (Å²) in [6.45, 7) is 6.92. The highest BCUT2D eigenvalue weighted by Gasteiger charge is 2.04. The Morgan fingerprint density at radius 3 is 2.94 bits per heavy atom. The fourth-order valence-corrected chi connectivity index (χ4v) is 1.85. The van der Waals surface area contributed by atoms with Crippen molar-refractivity contribution in [3.05, 3.63) is 35.4 Å². The molecule has 0 unspecified atom stereocenters. The number of aromatic amines is 1. The van der Waals surface area contributed by atoms with E-state index in [9.17, 15) is 0 Å². The molecule has 0 aromatic carbocycles. The molecule has 0 aliphatic rings. The molecule has 2 aromatic heterocycles. The van der Waals surface area contributed by atoms with Crippen molar-refractivity contribution in [3.63, 3.8) is 0 Å². The smallest absolute Gasteiger partial charge is 0.0638 e. The number of hydrogen-bond donors (Lipinski definition) is 2. The van der Waals surface area contributed by atoms with Gasteiger partial charge in [-0.1, -0.05) is 0 Å². The van der Waals surface area contributed by atoms with Gasteiger partial charge in [0.2, 0.25) is 0 Å². The third kappa shape index (κ3) is 3.17. The quantitative estimate of drug-likeness (QED) is 0.742. The van der Waals surface area contributed by atoms with Crippen LogP contribution in [0.4, 0.5) is 0 Å². The van der Waals surface area contributed by atoms with Gasteiger partial charge in [0.25, 0.3) is 0 Å². The number of H-pyrrole nitrogens is 1. The molecule has 0 saturated carbocycles. The van der Waals surface area contributed by atoms with Gasteiger partial charge in [-0.25, -0.2) is 0 Å². The summed E-state index contributed by atoms with van der Waals surface area (Å²) in [5.74, 6) is 0. The minimum absolute atomic E-state index is 0.882. The summed E-state index contributed by atoms with van der Waals surface area (Å²) in [6.07, 6.45) is 4.88. The lowest BCUT2D eigenvalue weighted by atomic mass is 10.2. The van der Waals surface area contributed by atoms with E-state index < -0.39 is 0 Å². The summed E-state index contributed by atoms with van der Waals surface area (Å²) in [5.41, 5.74) is 3.52. The van der Waals surface area contributed by atoms with E-state index in [1.54, 1.807) is 0 Å². The highest BCUT2D eigenvalue weighted by Crippen LogP contribution is 2.08. The van der Waals surface area contributed by atoms with Crippen LogP contribution in [0.15, 0.2) is 18.5 Å². The van der Waals surface area contributed by atoms with E-state index >= 15 is 0 Å². The molecule has 0 saturated heterocycles. The Hall–Kier alpha value is -1.62. The van der Waals surface area contributed by atoms with Gasteiger partial charge in [-0.3, -0.25) is 9.78 Å². The van der Waals surface area contributed by atoms with Crippen LogP contribution in [0, 0.1) is 13.8 Å². The average molecular weight is 233 g/mol. The van der Waals surface area contributed by atoms with Gasteiger partial charge in [0, 0.05) is 36.7 Å². The monoisotopic (exact) mass is 233 g/mol. The van der Waals surface area contributed by atoms with Crippen molar-refractivity contribution >= 4 is 0 Å². The minimum atomic E-state index is 0.882. The van der Waals surface area contributed by atoms with E-state index in [4.69, 9.17) is 0 Å². The molecular formula is C12H19N5. The predicted molar refractivity (Wildman–Crippen MR) is 66.6 cm³/mol. The standard InChI is InChI=1S/C12H19N5/c1-10-12(11(2)16-15-10)9-13-5-3-7-17-8-4-6-14-17/h4,6,8,13H,3,5,7,9H2,1-2H3,(H,15,16). The lowest BCUT2D eigenvalue weighted by Gasteiger charge is -2.05.